The lowest BCUT2D eigenvalue weighted by Gasteiger charge is -2.17. The fourth-order valence-electron chi connectivity index (χ4n) is 2.31. The fraction of sp³-hybridized carbons (Fsp3) is 0.750. The number of rotatable bonds is 8. The topological polar surface area (TPSA) is 49.8 Å². The van der Waals surface area contributed by atoms with Gasteiger partial charge in [0.2, 0.25) is 0 Å². The minimum absolute atomic E-state index is 0.345. The number of hydrogen-bond donors (Lipinski definition) is 2. The summed E-state index contributed by atoms with van der Waals surface area (Å²) in [7, 11) is 0. The maximum atomic E-state index is 4.65. The first-order valence-corrected chi connectivity index (χ1v) is 7.97. The Morgan fingerprint density at radius 3 is 2.50 bits per heavy atom. The van der Waals surface area contributed by atoms with E-state index in [2.05, 4.69) is 48.3 Å². The molecule has 4 heteroatoms. The molecule has 1 saturated carbocycles. The molecule has 20 heavy (non-hydrogen) atoms. The Morgan fingerprint density at radius 1 is 1.20 bits per heavy atom. The van der Waals surface area contributed by atoms with Crippen molar-refractivity contribution in [1.29, 1.82) is 0 Å². The predicted molar refractivity (Wildman–Crippen MR) is 85.3 cm³/mol. The van der Waals surface area contributed by atoms with Crippen LogP contribution in [0.15, 0.2) is 6.07 Å². The molecular formula is C16H28N4. The molecule has 1 heterocycles. The van der Waals surface area contributed by atoms with E-state index in [1.54, 1.807) is 0 Å². The second-order valence-electron chi connectivity index (χ2n) is 6.30. The van der Waals surface area contributed by atoms with Crippen molar-refractivity contribution in [2.24, 2.45) is 5.92 Å². The van der Waals surface area contributed by atoms with Crippen LogP contribution in [-0.2, 0) is 0 Å². The number of aromatic nitrogens is 2. The maximum absolute atomic E-state index is 4.65. The molecule has 0 aliphatic heterocycles. The molecule has 1 atom stereocenters. The third kappa shape index (κ3) is 4.66. The van der Waals surface area contributed by atoms with Crippen molar-refractivity contribution in [3.63, 3.8) is 0 Å². The van der Waals surface area contributed by atoms with E-state index in [1.807, 2.05) is 6.07 Å². The van der Waals surface area contributed by atoms with Crippen molar-refractivity contribution in [2.75, 3.05) is 17.2 Å². The molecule has 0 aromatic carbocycles. The molecule has 1 aromatic heterocycles. The van der Waals surface area contributed by atoms with Gasteiger partial charge in [-0.2, -0.15) is 0 Å². The van der Waals surface area contributed by atoms with E-state index in [0.717, 1.165) is 36.3 Å². The predicted octanol–water partition coefficient (Wildman–Crippen LogP) is 4.02. The average Bonchev–Trinajstić information content (AvgIpc) is 3.19. The number of nitrogens with zero attached hydrogens (tertiary/aromatic N) is 2. The Kier molecular flexibility index (Phi) is 5.21. The van der Waals surface area contributed by atoms with Crippen LogP contribution >= 0.6 is 0 Å². The van der Waals surface area contributed by atoms with Crippen molar-refractivity contribution in [3.8, 4) is 0 Å². The summed E-state index contributed by atoms with van der Waals surface area (Å²) in [6, 6.07) is 2.52. The van der Waals surface area contributed by atoms with Crippen molar-refractivity contribution in [3.05, 3.63) is 11.9 Å². The summed E-state index contributed by atoms with van der Waals surface area (Å²) >= 11 is 0. The van der Waals surface area contributed by atoms with Gasteiger partial charge in [-0.05, 0) is 25.7 Å². The van der Waals surface area contributed by atoms with Gasteiger partial charge in [0.15, 0.2) is 0 Å². The third-order valence-corrected chi connectivity index (χ3v) is 3.59. The summed E-state index contributed by atoms with van der Waals surface area (Å²) in [5.41, 5.74) is 0. The van der Waals surface area contributed by atoms with Crippen LogP contribution < -0.4 is 10.6 Å². The lowest BCUT2D eigenvalue weighted by Crippen LogP contribution is -2.18. The standard InChI is InChI=1S/C16H28N4/c1-5-8-17-14-10-15(20-16(19-14)11(2)3)18-12(4)9-13-6-7-13/h10-13H,5-9H2,1-4H3,(H2,17,18,19,20). The maximum Gasteiger partial charge on any atom is 0.135 e. The van der Waals surface area contributed by atoms with Gasteiger partial charge < -0.3 is 10.6 Å². The highest BCUT2D eigenvalue weighted by atomic mass is 15.1. The zero-order valence-electron chi connectivity index (χ0n) is 13.2. The molecule has 1 unspecified atom stereocenters. The second-order valence-corrected chi connectivity index (χ2v) is 6.30. The molecule has 4 nitrogen and oxygen atoms in total. The van der Waals surface area contributed by atoms with Crippen molar-refractivity contribution in [1.82, 2.24) is 9.97 Å². The van der Waals surface area contributed by atoms with Crippen LogP contribution in [0.5, 0.6) is 0 Å². The smallest absolute Gasteiger partial charge is 0.135 e. The molecule has 0 amide bonds. The van der Waals surface area contributed by atoms with E-state index in [4.69, 9.17) is 0 Å². The highest BCUT2D eigenvalue weighted by Crippen LogP contribution is 2.34. The zero-order valence-corrected chi connectivity index (χ0v) is 13.2. The molecule has 0 radical (unpaired) electrons. The Balaban J connectivity index is 2.06. The Labute approximate surface area is 122 Å². The number of nitrogens with one attached hydrogen (secondary N) is 2. The van der Waals surface area contributed by atoms with Gasteiger partial charge in [-0.1, -0.05) is 33.6 Å². The molecule has 1 aliphatic carbocycles. The van der Waals surface area contributed by atoms with Crippen LogP contribution in [-0.4, -0.2) is 22.6 Å². The Morgan fingerprint density at radius 2 is 1.90 bits per heavy atom. The highest BCUT2D eigenvalue weighted by Gasteiger charge is 2.23. The summed E-state index contributed by atoms with van der Waals surface area (Å²) in [4.78, 5) is 9.24. The van der Waals surface area contributed by atoms with Gasteiger partial charge in [0.1, 0.15) is 17.5 Å². The largest absolute Gasteiger partial charge is 0.370 e. The zero-order chi connectivity index (χ0) is 14.5. The Hall–Kier alpha value is -1.32. The molecule has 1 aliphatic rings. The van der Waals surface area contributed by atoms with Crippen LogP contribution in [0.2, 0.25) is 0 Å². The van der Waals surface area contributed by atoms with Crippen molar-refractivity contribution >= 4 is 11.6 Å². The molecule has 2 rings (SSSR count). The van der Waals surface area contributed by atoms with Crippen molar-refractivity contribution in [2.45, 2.75) is 65.3 Å². The van der Waals surface area contributed by atoms with Crippen molar-refractivity contribution < 1.29 is 0 Å². The average molecular weight is 276 g/mol. The SMILES string of the molecule is CCCNc1cc(NC(C)CC2CC2)nc(C(C)C)n1. The van der Waals surface area contributed by atoms with Crippen LogP contribution in [0.25, 0.3) is 0 Å². The number of hydrogen-bond acceptors (Lipinski definition) is 4. The van der Waals surface area contributed by atoms with Crippen LogP contribution in [0.1, 0.15) is 65.1 Å². The lowest BCUT2D eigenvalue weighted by molar-refractivity contribution is 0.638. The first-order valence-electron chi connectivity index (χ1n) is 7.97. The quantitative estimate of drug-likeness (QED) is 0.753. The summed E-state index contributed by atoms with van der Waals surface area (Å²) in [6.07, 6.45) is 5.15. The summed E-state index contributed by atoms with van der Waals surface area (Å²) < 4.78 is 0. The normalized spacial score (nSPS) is 16.2. The van der Waals surface area contributed by atoms with Gasteiger partial charge in [0.25, 0.3) is 0 Å². The van der Waals surface area contributed by atoms with Crippen LogP contribution in [0.4, 0.5) is 11.6 Å². The summed E-state index contributed by atoms with van der Waals surface area (Å²) in [5.74, 6) is 4.08. The van der Waals surface area contributed by atoms with Gasteiger partial charge in [-0.25, -0.2) is 9.97 Å². The highest BCUT2D eigenvalue weighted by molar-refractivity contribution is 5.48. The molecule has 112 valence electrons. The van der Waals surface area contributed by atoms with E-state index < -0.39 is 0 Å². The fourth-order valence-corrected chi connectivity index (χ4v) is 2.31. The van der Waals surface area contributed by atoms with E-state index in [1.165, 1.54) is 19.3 Å². The minimum atomic E-state index is 0.345. The van der Waals surface area contributed by atoms with E-state index >= 15 is 0 Å². The van der Waals surface area contributed by atoms with Crippen LogP contribution in [0, 0.1) is 5.92 Å². The van der Waals surface area contributed by atoms with Gasteiger partial charge >= 0.3 is 0 Å². The summed E-state index contributed by atoms with van der Waals surface area (Å²) in [6.45, 7) is 9.63. The lowest BCUT2D eigenvalue weighted by atomic mass is 10.1. The van der Waals surface area contributed by atoms with Gasteiger partial charge in [-0.15, -0.1) is 0 Å². The molecule has 1 aromatic rings. The van der Waals surface area contributed by atoms with E-state index in [-0.39, 0.29) is 0 Å². The van der Waals surface area contributed by atoms with E-state index in [0.29, 0.717) is 12.0 Å². The van der Waals surface area contributed by atoms with Gasteiger partial charge in [0, 0.05) is 24.6 Å². The third-order valence-electron chi connectivity index (χ3n) is 3.59. The number of anilines is 2. The molecule has 1 fully saturated rings. The second kappa shape index (κ2) is 6.91. The van der Waals surface area contributed by atoms with E-state index in [9.17, 15) is 0 Å². The first-order chi connectivity index (χ1) is 9.58. The van der Waals surface area contributed by atoms with Gasteiger partial charge in [0.05, 0.1) is 0 Å². The molecule has 0 spiro atoms. The molecule has 0 saturated heterocycles. The first kappa shape index (κ1) is 15.1. The van der Waals surface area contributed by atoms with Crippen LogP contribution in [0.3, 0.4) is 0 Å². The molecular weight excluding hydrogens is 248 g/mol. The van der Waals surface area contributed by atoms with Gasteiger partial charge in [-0.3, -0.25) is 0 Å². The monoisotopic (exact) mass is 276 g/mol. The minimum Gasteiger partial charge on any atom is -0.370 e. The Bertz CT molecular complexity index is 426. The molecule has 0 bridgehead atoms. The summed E-state index contributed by atoms with van der Waals surface area (Å²) in [5, 5.41) is 6.90. The molecule has 2 N–H and O–H groups in total.